The van der Waals surface area contributed by atoms with Crippen LogP contribution < -0.4 is 0 Å². The van der Waals surface area contributed by atoms with Crippen molar-refractivity contribution in [1.82, 2.24) is 15.0 Å². The van der Waals surface area contributed by atoms with E-state index in [0.717, 1.165) is 16.6 Å². The molecule has 3 rings (SSSR count). The van der Waals surface area contributed by atoms with E-state index in [1.54, 1.807) is 24.4 Å². The Morgan fingerprint density at radius 2 is 2.14 bits per heavy atom. The van der Waals surface area contributed by atoms with Gasteiger partial charge >= 0.3 is 5.97 Å². The van der Waals surface area contributed by atoms with Crippen LogP contribution in [0.15, 0.2) is 42.7 Å². The Morgan fingerprint density at radius 3 is 3.00 bits per heavy atom. The van der Waals surface area contributed by atoms with Crippen molar-refractivity contribution < 1.29 is 9.53 Å². The zero-order valence-electron chi connectivity index (χ0n) is 11.3. The predicted molar refractivity (Wildman–Crippen MR) is 77.7 cm³/mol. The first kappa shape index (κ1) is 12.9. The van der Waals surface area contributed by atoms with Gasteiger partial charge < -0.3 is 9.72 Å². The number of aromatic nitrogens is 3. The van der Waals surface area contributed by atoms with Crippen LogP contribution in [0.2, 0.25) is 0 Å². The summed E-state index contributed by atoms with van der Waals surface area (Å²) in [5, 5.41) is 0.953. The summed E-state index contributed by atoms with van der Waals surface area (Å²) in [6, 6.07) is 8.82. The van der Waals surface area contributed by atoms with E-state index >= 15 is 0 Å². The first-order valence-corrected chi connectivity index (χ1v) is 6.27. The molecule has 0 saturated carbocycles. The maximum Gasteiger partial charge on any atom is 0.356 e. The van der Waals surface area contributed by atoms with Gasteiger partial charge in [0.2, 0.25) is 0 Å². The van der Waals surface area contributed by atoms with E-state index in [0.29, 0.717) is 5.69 Å². The number of ether oxygens (including phenoxy) is 1. The summed E-state index contributed by atoms with van der Waals surface area (Å²) in [6.45, 7) is 0. The average molecular weight is 277 g/mol. The molecule has 0 aliphatic carbocycles. The van der Waals surface area contributed by atoms with Gasteiger partial charge in [0.05, 0.1) is 7.11 Å². The molecule has 0 amide bonds. The maximum absolute atomic E-state index is 11.4. The number of hydrogen-bond donors (Lipinski definition) is 1. The van der Waals surface area contributed by atoms with Gasteiger partial charge in [-0.25, -0.2) is 14.8 Å². The molecule has 0 fully saturated rings. The summed E-state index contributed by atoms with van der Waals surface area (Å²) in [4.78, 5) is 22.8. The Kier molecular flexibility index (Phi) is 3.36. The molecular weight excluding hydrogens is 266 g/mol. The van der Waals surface area contributed by atoms with Crippen molar-refractivity contribution in [2.75, 3.05) is 7.11 Å². The van der Waals surface area contributed by atoms with Crippen LogP contribution in [0, 0.1) is 11.8 Å². The number of carbonyl (C=O) groups is 1. The van der Waals surface area contributed by atoms with Crippen molar-refractivity contribution in [3.05, 3.63) is 59.7 Å². The third kappa shape index (κ3) is 2.60. The van der Waals surface area contributed by atoms with Crippen LogP contribution in [0.3, 0.4) is 0 Å². The van der Waals surface area contributed by atoms with E-state index in [1.807, 2.05) is 18.3 Å². The van der Waals surface area contributed by atoms with Crippen LogP contribution >= 0.6 is 0 Å². The predicted octanol–water partition coefficient (Wildman–Crippen LogP) is 2.14. The Hall–Kier alpha value is -3.13. The summed E-state index contributed by atoms with van der Waals surface area (Å²) in [5.74, 6) is 5.52. The molecule has 3 heterocycles. The highest BCUT2D eigenvalue weighted by Crippen LogP contribution is 2.13. The Bertz CT molecular complexity index is 872. The molecule has 0 spiro atoms. The van der Waals surface area contributed by atoms with Crippen LogP contribution in [0.5, 0.6) is 0 Å². The first-order valence-electron chi connectivity index (χ1n) is 6.27. The number of fused-ring (bicyclic) bond motifs is 1. The van der Waals surface area contributed by atoms with E-state index in [4.69, 9.17) is 0 Å². The third-order valence-electron chi connectivity index (χ3n) is 2.93. The highest BCUT2D eigenvalue weighted by Gasteiger charge is 2.06. The summed E-state index contributed by atoms with van der Waals surface area (Å²) in [5.41, 5.74) is 2.40. The third-order valence-corrected chi connectivity index (χ3v) is 2.93. The van der Waals surface area contributed by atoms with Gasteiger partial charge in [0, 0.05) is 23.3 Å². The van der Waals surface area contributed by atoms with Crippen molar-refractivity contribution in [1.29, 1.82) is 0 Å². The number of pyridine rings is 2. The van der Waals surface area contributed by atoms with Crippen molar-refractivity contribution >= 4 is 17.0 Å². The fourth-order valence-electron chi connectivity index (χ4n) is 1.92. The standard InChI is InChI=1S/C16H11N3O2/c1-21-16(20)14-4-2-3-12(19-14)6-5-11-7-9-17-15-13(11)8-10-18-15/h2-4,7-10H,1H3,(H,17,18). The number of hydrogen-bond acceptors (Lipinski definition) is 4. The van der Waals surface area contributed by atoms with Gasteiger partial charge in [0.1, 0.15) is 17.0 Å². The number of nitrogens with one attached hydrogen (secondary N) is 1. The van der Waals surface area contributed by atoms with E-state index < -0.39 is 5.97 Å². The van der Waals surface area contributed by atoms with Crippen molar-refractivity contribution in [3.63, 3.8) is 0 Å². The maximum atomic E-state index is 11.4. The molecule has 0 aliphatic heterocycles. The topological polar surface area (TPSA) is 67.9 Å². The molecule has 102 valence electrons. The SMILES string of the molecule is COC(=O)c1cccc(C#Cc2ccnc3[nH]ccc23)n1. The van der Waals surface area contributed by atoms with E-state index in [1.165, 1.54) is 7.11 Å². The van der Waals surface area contributed by atoms with Crippen LogP contribution in [0.1, 0.15) is 21.7 Å². The monoisotopic (exact) mass is 277 g/mol. The second-order valence-electron chi connectivity index (χ2n) is 4.25. The molecule has 0 radical (unpaired) electrons. The molecule has 21 heavy (non-hydrogen) atoms. The number of aromatic amines is 1. The molecule has 5 heteroatoms. The lowest BCUT2D eigenvalue weighted by Gasteiger charge is -1.98. The van der Waals surface area contributed by atoms with Crippen molar-refractivity contribution in [2.45, 2.75) is 0 Å². The number of nitrogens with zero attached hydrogens (tertiary/aromatic N) is 2. The van der Waals surface area contributed by atoms with Crippen LogP contribution in [-0.2, 0) is 4.74 Å². The summed E-state index contributed by atoms with van der Waals surface area (Å²) >= 11 is 0. The molecule has 3 aromatic heterocycles. The lowest BCUT2D eigenvalue weighted by molar-refractivity contribution is 0.0594. The molecule has 0 aromatic carbocycles. The van der Waals surface area contributed by atoms with Crippen LogP contribution in [-0.4, -0.2) is 28.0 Å². The van der Waals surface area contributed by atoms with Gasteiger partial charge in [0.25, 0.3) is 0 Å². The molecule has 0 unspecified atom stereocenters. The van der Waals surface area contributed by atoms with Gasteiger partial charge in [-0.05, 0) is 30.2 Å². The van der Waals surface area contributed by atoms with Crippen molar-refractivity contribution in [3.8, 4) is 11.8 Å². The van der Waals surface area contributed by atoms with Crippen LogP contribution in [0.4, 0.5) is 0 Å². The molecule has 0 bridgehead atoms. The number of carbonyl (C=O) groups excluding carboxylic acids is 1. The highest BCUT2D eigenvalue weighted by molar-refractivity contribution is 5.87. The normalized spacial score (nSPS) is 9.95. The number of esters is 1. The second kappa shape index (κ2) is 5.47. The lowest BCUT2D eigenvalue weighted by atomic mass is 10.2. The fraction of sp³-hybridized carbons (Fsp3) is 0.0625. The fourth-order valence-corrected chi connectivity index (χ4v) is 1.92. The lowest BCUT2D eigenvalue weighted by Crippen LogP contribution is -2.04. The number of H-pyrrole nitrogens is 1. The van der Waals surface area contributed by atoms with E-state index in [-0.39, 0.29) is 5.69 Å². The Labute approximate surface area is 121 Å². The van der Waals surface area contributed by atoms with E-state index in [2.05, 4.69) is 31.5 Å². The van der Waals surface area contributed by atoms with Crippen LogP contribution in [0.25, 0.3) is 11.0 Å². The molecule has 0 aliphatic rings. The molecular formula is C16H11N3O2. The van der Waals surface area contributed by atoms with Gasteiger partial charge in [0.15, 0.2) is 0 Å². The molecule has 3 aromatic rings. The van der Waals surface area contributed by atoms with E-state index in [9.17, 15) is 4.79 Å². The Morgan fingerprint density at radius 1 is 1.24 bits per heavy atom. The zero-order valence-corrected chi connectivity index (χ0v) is 11.3. The smallest absolute Gasteiger partial charge is 0.356 e. The van der Waals surface area contributed by atoms with Gasteiger partial charge in [-0.15, -0.1) is 0 Å². The summed E-state index contributed by atoms with van der Waals surface area (Å²) < 4.78 is 4.64. The van der Waals surface area contributed by atoms with Gasteiger partial charge in [-0.2, -0.15) is 0 Å². The van der Waals surface area contributed by atoms with Gasteiger partial charge in [-0.1, -0.05) is 12.0 Å². The van der Waals surface area contributed by atoms with Crippen molar-refractivity contribution in [2.24, 2.45) is 0 Å². The van der Waals surface area contributed by atoms with Gasteiger partial charge in [-0.3, -0.25) is 0 Å². The number of rotatable bonds is 1. The molecule has 5 nitrogen and oxygen atoms in total. The minimum atomic E-state index is -0.476. The largest absolute Gasteiger partial charge is 0.464 e. The summed E-state index contributed by atoms with van der Waals surface area (Å²) in [6.07, 6.45) is 3.51. The molecule has 0 atom stereocenters. The quantitative estimate of drug-likeness (QED) is 0.546. The number of methoxy groups -OCH3 is 1. The minimum absolute atomic E-state index is 0.241. The molecule has 0 saturated heterocycles. The second-order valence-corrected chi connectivity index (χ2v) is 4.25. The minimum Gasteiger partial charge on any atom is -0.464 e. The zero-order chi connectivity index (χ0) is 14.7. The molecule has 1 N–H and O–H groups in total. The first-order chi connectivity index (χ1) is 10.3. The highest BCUT2D eigenvalue weighted by atomic mass is 16.5. The average Bonchev–Trinajstić information content (AvgIpc) is 3.01. The Balaban J connectivity index is 1.98. The summed E-state index contributed by atoms with van der Waals surface area (Å²) in [7, 11) is 1.32.